The first-order chi connectivity index (χ1) is 9.79. The number of nitrogens with one attached hydrogen (secondary N) is 2. The van der Waals surface area contributed by atoms with Crippen LogP contribution in [0.25, 0.3) is 0 Å². The van der Waals surface area contributed by atoms with Crippen molar-refractivity contribution >= 4 is 17.3 Å². The van der Waals surface area contributed by atoms with Crippen molar-refractivity contribution in [2.75, 3.05) is 5.43 Å². The fraction of sp³-hybridized carbons (Fsp3) is 0.167. The number of hydrogen-bond acceptors (Lipinski definition) is 5. The number of nitriles is 2. The maximum absolute atomic E-state index is 12.4. The number of hydrogen-bond donors (Lipinski definition) is 3. The maximum atomic E-state index is 12.4. The van der Waals surface area contributed by atoms with Gasteiger partial charge in [0.05, 0.1) is 27.9 Å². The van der Waals surface area contributed by atoms with Crippen molar-refractivity contribution in [3.8, 4) is 12.1 Å². The zero-order valence-electron chi connectivity index (χ0n) is 10.2. The van der Waals surface area contributed by atoms with Gasteiger partial charge in [0.25, 0.3) is 0 Å². The van der Waals surface area contributed by atoms with Crippen LogP contribution >= 0.6 is 11.6 Å². The average Bonchev–Trinajstić information content (AvgIpc) is 2.43. The Morgan fingerprint density at radius 2 is 2.05 bits per heavy atom. The number of anilines is 1. The van der Waals surface area contributed by atoms with Crippen LogP contribution in [0.4, 0.5) is 18.9 Å². The molecule has 0 saturated heterocycles. The van der Waals surface area contributed by atoms with Gasteiger partial charge in [0.2, 0.25) is 0 Å². The molecule has 0 aliphatic rings. The summed E-state index contributed by atoms with van der Waals surface area (Å²) in [6, 6.07) is 5.70. The van der Waals surface area contributed by atoms with E-state index in [1.54, 1.807) is 6.07 Å². The second-order valence-electron chi connectivity index (χ2n) is 3.70. The summed E-state index contributed by atoms with van der Waals surface area (Å²) in [5, 5.41) is 26.0. The molecule has 1 atom stereocenters. The summed E-state index contributed by atoms with van der Waals surface area (Å²) in [4.78, 5) is 0. The molecule has 0 heterocycles. The Morgan fingerprint density at radius 1 is 1.38 bits per heavy atom. The van der Waals surface area contributed by atoms with Crippen LogP contribution in [-0.2, 0) is 6.18 Å². The van der Waals surface area contributed by atoms with Crippen molar-refractivity contribution < 1.29 is 18.3 Å². The highest BCUT2D eigenvalue weighted by Crippen LogP contribution is 2.33. The lowest BCUT2D eigenvalue weighted by atomic mass is 10.2. The quantitative estimate of drug-likeness (QED) is 0.451. The van der Waals surface area contributed by atoms with Crippen molar-refractivity contribution in [2.45, 2.75) is 12.3 Å². The molecule has 9 heteroatoms. The van der Waals surface area contributed by atoms with E-state index >= 15 is 0 Å². The Hall–Kier alpha value is -2.42. The van der Waals surface area contributed by atoms with E-state index in [0.29, 0.717) is 0 Å². The predicted octanol–water partition coefficient (Wildman–Crippen LogP) is 2.57. The molecule has 0 amide bonds. The molecule has 21 heavy (non-hydrogen) atoms. The molecule has 1 aromatic rings. The molecule has 0 spiro atoms. The van der Waals surface area contributed by atoms with Gasteiger partial charge in [-0.05, 0) is 18.2 Å². The predicted molar refractivity (Wildman–Crippen MR) is 68.5 cm³/mol. The lowest BCUT2D eigenvalue weighted by Crippen LogP contribution is -2.18. The lowest BCUT2D eigenvalue weighted by Gasteiger charge is -2.11. The van der Waals surface area contributed by atoms with E-state index in [4.69, 9.17) is 27.2 Å². The van der Waals surface area contributed by atoms with E-state index in [-0.39, 0.29) is 16.3 Å². The fourth-order valence-corrected chi connectivity index (χ4v) is 1.45. The van der Waals surface area contributed by atoms with Crippen molar-refractivity contribution in [1.82, 2.24) is 5.43 Å². The third kappa shape index (κ3) is 4.56. The highest BCUT2D eigenvalue weighted by atomic mass is 35.5. The summed E-state index contributed by atoms with van der Waals surface area (Å²) in [5.74, 6) is 0. The highest BCUT2D eigenvalue weighted by molar-refractivity contribution is 6.33. The van der Waals surface area contributed by atoms with Gasteiger partial charge in [0.1, 0.15) is 6.07 Å². The van der Waals surface area contributed by atoms with Gasteiger partial charge in [-0.3, -0.25) is 5.43 Å². The van der Waals surface area contributed by atoms with Crippen LogP contribution in [0.3, 0.4) is 0 Å². The minimum atomic E-state index is -4.50. The number of alkyl halides is 3. The molecule has 0 radical (unpaired) electrons. The second-order valence-corrected chi connectivity index (χ2v) is 4.11. The van der Waals surface area contributed by atoms with Gasteiger partial charge in [0, 0.05) is 6.20 Å². The highest BCUT2D eigenvalue weighted by Gasteiger charge is 2.30. The topological polar surface area (TPSA) is 91.9 Å². The molecule has 0 aliphatic heterocycles. The molecule has 110 valence electrons. The van der Waals surface area contributed by atoms with Crippen LogP contribution in [0.2, 0.25) is 5.02 Å². The van der Waals surface area contributed by atoms with E-state index in [1.807, 2.05) is 0 Å². The first-order valence-corrected chi connectivity index (χ1v) is 5.73. The Bertz CT molecular complexity index is 631. The van der Waals surface area contributed by atoms with Gasteiger partial charge in [-0.2, -0.15) is 23.7 Å². The monoisotopic (exact) mass is 316 g/mol. The summed E-state index contributed by atoms with van der Waals surface area (Å²) in [7, 11) is 0. The Balaban J connectivity index is 2.80. The van der Waals surface area contributed by atoms with Gasteiger partial charge in [-0.1, -0.05) is 11.6 Å². The normalized spacial score (nSPS) is 13.0. The van der Waals surface area contributed by atoms with E-state index < -0.39 is 17.8 Å². The molecule has 0 fully saturated rings. The SMILES string of the molecule is N#CC(=CNNc1ccc(C(F)(F)F)cc1Cl)C(O)C#N. The molecule has 1 unspecified atom stereocenters. The smallest absolute Gasteiger partial charge is 0.373 e. The molecule has 0 bridgehead atoms. The summed E-state index contributed by atoms with van der Waals surface area (Å²) in [6.45, 7) is 0. The van der Waals surface area contributed by atoms with Crippen molar-refractivity contribution in [3.05, 3.63) is 40.6 Å². The lowest BCUT2D eigenvalue weighted by molar-refractivity contribution is -0.137. The van der Waals surface area contributed by atoms with Crippen LogP contribution < -0.4 is 10.9 Å². The van der Waals surface area contributed by atoms with Gasteiger partial charge in [0.15, 0.2) is 6.10 Å². The zero-order valence-corrected chi connectivity index (χ0v) is 11.0. The first kappa shape index (κ1) is 16.6. The average molecular weight is 317 g/mol. The molecule has 1 aromatic carbocycles. The molecule has 0 aromatic heterocycles. The zero-order chi connectivity index (χ0) is 16.0. The minimum Gasteiger partial charge on any atom is -0.373 e. The standard InChI is InChI=1S/C12H8ClF3N4O/c13-9-3-8(12(14,15)16)1-2-10(9)20-19-6-7(4-17)11(21)5-18/h1-3,6,11,19-21H. The van der Waals surface area contributed by atoms with E-state index in [1.165, 1.54) is 6.07 Å². The van der Waals surface area contributed by atoms with Crippen molar-refractivity contribution in [1.29, 1.82) is 10.5 Å². The second kappa shape index (κ2) is 6.84. The number of halogens is 4. The van der Waals surface area contributed by atoms with E-state index in [9.17, 15) is 13.2 Å². The summed E-state index contributed by atoms with van der Waals surface area (Å²) >= 11 is 5.68. The summed E-state index contributed by atoms with van der Waals surface area (Å²) < 4.78 is 37.3. The van der Waals surface area contributed by atoms with Crippen molar-refractivity contribution in [2.24, 2.45) is 0 Å². The Labute approximate surface area is 122 Å². The van der Waals surface area contributed by atoms with Crippen molar-refractivity contribution in [3.63, 3.8) is 0 Å². The Kier molecular flexibility index (Phi) is 5.42. The maximum Gasteiger partial charge on any atom is 0.416 e. The Morgan fingerprint density at radius 3 is 2.52 bits per heavy atom. The number of aliphatic hydroxyl groups excluding tert-OH is 1. The number of hydrazine groups is 1. The molecule has 1 rings (SSSR count). The molecular formula is C12H8ClF3N4O. The molecule has 0 aliphatic carbocycles. The molecule has 5 nitrogen and oxygen atoms in total. The van der Waals surface area contributed by atoms with Crippen LogP contribution in [0.1, 0.15) is 5.56 Å². The third-order valence-electron chi connectivity index (χ3n) is 2.28. The minimum absolute atomic E-state index is 0.129. The van der Waals surface area contributed by atoms with Crippen LogP contribution in [0, 0.1) is 22.7 Å². The van der Waals surface area contributed by atoms with Gasteiger partial charge in [-0.15, -0.1) is 0 Å². The summed E-state index contributed by atoms with van der Waals surface area (Å²) in [5.41, 5.74) is 3.76. The van der Waals surface area contributed by atoms with Gasteiger partial charge < -0.3 is 10.5 Å². The molecular weight excluding hydrogens is 309 g/mol. The number of aliphatic hydroxyl groups is 1. The van der Waals surface area contributed by atoms with E-state index in [2.05, 4.69) is 10.9 Å². The molecule has 0 saturated carbocycles. The van der Waals surface area contributed by atoms with Gasteiger partial charge in [-0.25, -0.2) is 0 Å². The summed E-state index contributed by atoms with van der Waals surface area (Å²) in [6.07, 6.45) is -5.10. The van der Waals surface area contributed by atoms with Crippen LogP contribution in [0.15, 0.2) is 30.0 Å². The third-order valence-corrected chi connectivity index (χ3v) is 2.59. The van der Waals surface area contributed by atoms with E-state index in [0.717, 1.165) is 24.4 Å². The largest absolute Gasteiger partial charge is 0.416 e. The van der Waals surface area contributed by atoms with Crippen LogP contribution in [0.5, 0.6) is 0 Å². The number of benzene rings is 1. The number of rotatable bonds is 4. The molecule has 3 N–H and O–H groups in total. The van der Waals surface area contributed by atoms with Crippen LogP contribution in [-0.4, -0.2) is 11.2 Å². The number of nitrogens with zero attached hydrogens (tertiary/aromatic N) is 2. The fourth-order valence-electron chi connectivity index (χ4n) is 1.23. The first-order valence-electron chi connectivity index (χ1n) is 5.35. The van der Waals surface area contributed by atoms with Gasteiger partial charge >= 0.3 is 6.18 Å².